The first-order valence-corrected chi connectivity index (χ1v) is 15.9. The van der Waals surface area contributed by atoms with E-state index < -0.39 is 4.92 Å². The van der Waals surface area contributed by atoms with Crippen molar-refractivity contribution in [2.24, 2.45) is 5.92 Å². The van der Waals surface area contributed by atoms with Crippen molar-refractivity contribution >= 4 is 23.7 Å². The molecule has 9 heteroatoms. The van der Waals surface area contributed by atoms with Gasteiger partial charge in [-0.3, -0.25) is 14.4 Å². The van der Waals surface area contributed by atoms with Gasteiger partial charge in [0.15, 0.2) is 0 Å². The molecule has 226 valence electrons. The zero-order chi connectivity index (χ0) is 30.0. The Balaban J connectivity index is 0.000000640. The number of benzene rings is 2. The molecule has 1 heterocycles. The first kappa shape index (κ1) is 34.3. The fraction of sp³-hybridized carbons (Fsp3) is 0.531. The van der Waals surface area contributed by atoms with E-state index in [4.69, 9.17) is 4.74 Å². The molecule has 1 saturated heterocycles. The lowest BCUT2D eigenvalue weighted by molar-refractivity contribution is -0.384. The van der Waals surface area contributed by atoms with Crippen molar-refractivity contribution in [3.05, 3.63) is 89.0 Å². The van der Waals surface area contributed by atoms with Gasteiger partial charge in [-0.2, -0.15) is 0 Å². The number of piperidine rings is 1. The van der Waals surface area contributed by atoms with Crippen LogP contribution in [0.4, 0.5) is 10.5 Å². The second-order valence-corrected chi connectivity index (χ2v) is 11.1. The minimum absolute atomic E-state index is 0.0227. The molecule has 41 heavy (non-hydrogen) atoms. The summed E-state index contributed by atoms with van der Waals surface area (Å²) >= 11 is 1.82. The second-order valence-electron chi connectivity index (χ2n) is 10.2. The monoisotopic (exact) mass is 584 g/mol. The molecule has 0 bridgehead atoms. The van der Waals surface area contributed by atoms with E-state index in [1.807, 2.05) is 62.2 Å². The van der Waals surface area contributed by atoms with Gasteiger partial charge in [-0.15, -0.1) is 6.58 Å². The van der Waals surface area contributed by atoms with Crippen LogP contribution < -0.4 is 0 Å². The molecule has 1 aliphatic heterocycles. The van der Waals surface area contributed by atoms with Gasteiger partial charge in [-0.1, -0.05) is 68.3 Å². The summed E-state index contributed by atoms with van der Waals surface area (Å²) in [6, 6.07) is 18.9. The van der Waals surface area contributed by atoms with E-state index in [2.05, 4.69) is 29.1 Å². The Morgan fingerprint density at radius 1 is 1.05 bits per heavy atom. The largest absolute Gasteiger partial charge is 0.445 e. The Kier molecular flexibility index (Phi) is 16.1. The molecule has 0 N–H and O–H groups in total. The third kappa shape index (κ3) is 11.9. The topological polar surface area (TPSA) is 79.2 Å². The molecule has 1 aliphatic carbocycles. The molecular weight excluding hydrogens is 536 g/mol. The van der Waals surface area contributed by atoms with E-state index in [0.29, 0.717) is 12.6 Å². The molecule has 2 aromatic carbocycles. The zero-order valence-electron chi connectivity index (χ0n) is 25.2. The molecule has 1 saturated carbocycles. The van der Waals surface area contributed by atoms with Gasteiger partial charge >= 0.3 is 6.09 Å². The molecule has 1 amide bonds. The summed E-state index contributed by atoms with van der Waals surface area (Å²) in [5.41, 5.74) is 0.749. The summed E-state index contributed by atoms with van der Waals surface area (Å²) in [7, 11) is 2.19. The summed E-state index contributed by atoms with van der Waals surface area (Å²) < 4.78 is 7.92. The maximum Gasteiger partial charge on any atom is 0.410 e. The Bertz CT molecular complexity index is 989. The van der Waals surface area contributed by atoms with Gasteiger partial charge in [-0.25, -0.2) is 4.79 Å². The van der Waals surface area contributed by atoms with Crippen LogP contribution in [0.2, 0.25) is 0 Å². The molecule has 0 radical (unpaired) electrons. The van der Waals surface area contributed by atoms with Gasteiger partial charge in [0.25, 0.3) is 5.69 Å². The molecule has 2 atom stereocenters. The highest BCUT2D eigenvalue weighted by atomic mass is 32.2. The van der Waals surface area contributed by atoms with E-state index in [1.165, 1.54) is 31.4 Å². The van der Waals surface area contributed by atoms with Gasteiger partial charge < -0.3 is 14.5 Å². The van der Waals surface area contributed by atoms with Crippen LogP contribution in [0.3, 0.4) is 0 Å². The van der Waals surface area contributed by atoms with Crippen molar-refractivity contribution < 1.29 is 14.5 Å². The van der Waals surface area contributed by atoms with Crippen molar-refractivity contribution in [1.29, 1.82) is 0 Å². The number of hydrogen-bond donors (Lipinski definition) is 0. The lowest BCUT2D eigenvalue weighted by Crippen LogP contribution is -2.48. The van der Waals surface area contributed by atoms with Crippen molar-refractivity contribution in [3.63, 3.8) is 0 Å². The number of rotatable bonds is 10. The second kappa shape index (κ2) is 19.3. The molecule has 0 aromatic heterocycles. The minimum atomic E-state index is -0.443. The fourth-order valence-corrected chi connectivity index (χ4v) is 5.80. The predicted molar refractivity (Wildman–Crippen MR) is 170 cm³/mol. The molecular formula is C32H48N4O4S. The molecule has 4 rings (SSSR count). The maximum absolute atomic E-state index is 12.8. The zero-order valence-corrected chi connectivity index (χ0v) is 26.0. The number of amides is 1. The highest BCUT2D eigenvalue weighted by Crippen LogP contribution is 2.32. The van der Waals surface area contributed by atoms with Gasteiger partial charge in [-0.05, 0) is 69.0 Å². The summed E-state index contributed by atoms with van der Waals surface area (Å²) in [5, 5.41) is 10.8. The van der Waals surface area contributed by atoms with Crippen LogP contribution in [0.15, 0.2) is 73.3 Å². The van der Waals surface area contributed by atoms with Crippen LogP contribution in [-0.2, 0) is 11.3 Å². The average molecular weight is 585 g/mol. The maximum atomic E-state index is 12.8. The van der Waals surface area contributed by atoms with Crippen molar-refractivity contribution in [3.8, 4) is 0 Å². The van der Waals surface area contributed by atoms with E-state index in [9.17, 15) is 14.9 Å². The molecule has 2 aromatic rings. The van der Waals surface area contributed by atoms with E-state index >= 15 is 0 Å². The number of nitro benzene ring substituents is 1. The standard InChI is InChI=1S/C24H36N4O4S.C6H6.C2H6/c1-4-13-27(24(29)32-18-19-5-8-22(9-6-19)28(30)31)21-11-14-26(15-12-21)17-20-7-10-23(16-20)25(2)33-3;1-2-4-6-5-3-1;1-2/h4-6,8-9,20-21,23H,1,7,10-18H2,2-3H3;1-6H;1-2H3. The van der Waals surface area contributed by atoms with Crippen molar-refractivity contribution in [2.75, 3.05) is 39.5 Å². The Hall–Kier alpha value is -2.88. The highest BCUT2D eigenvalue weighted by Gasteiger charge is 2.32. The van der Waals surface area contributed by atoms with Crippen LogP contribution in [0.25, 0.3) is 0 Å². The molecule has 8 nitrogen and oxygen atoms in total. The van der Waals surface area contributed by atoms with Crippen LogP contribution >= 0.6 is 11.9 Å². The number of carbonyl (C=O) groups excluding carboxylic acids is 1. The normalized spacial score (nSPS) is 18.9. The number of nitro groups is 1. The van der Waals surface area contributed by atoms with Crippen LogP contribution in [0.5, 0.6) is 0 Å². The number of non-ortho nitro benzene ring substituents is 1. The smallest absolute Gasteiger partial charge is 0.410 e. The number of nitrogens with zero attached hydrogens (tertiary/aromatic N) is 4. The first-order valence-electron chi connectivity index (χ1n) is 14.7. The lowest BCUT2D eigenvalue weighted by atomic mass is 10.0. The van der Waals surface area contributed by atoms with Gasteiger partial charge in [0.2, 0.25) is 0 Å². The summed E-state index contributed by atoms with van der Waals surface area (Å²) in [4.78, 5) is 27.5. The van der Waals surface area contributed by atoms with Gasteiger partial charge in [0, 0.05) is 50.4 Å². The fourth-order valence-electron chi connectivity index (χ4n) is 5.31. The van der Waals surface area contributed by atoms with Gasteiger partial charge in [0.05, 0.1) is 4.92 Å². The van der Waals surface area contributed by atoms with Crippen LogP contribution in [0, 0.1) is 16.0 Å². The third-order valence-corrected chi connectivity index (χ3v) is 8.44. The lowest BCUT2D eigenvalue weighted by Gasteiger charge is -2.38. The summed E-state index contributed by atoms with van der Waals surface area (Å²) in [6.45, 7) is 11.5. The predicted octanol–water partition coefficient (Wildman–Crippen LogP) is 7.28. The first-order chi connectivity index (χ1) is 19.9. The molecule has 2 fully saturated rings. The van der Waals surface area contributed by atoms with E-state index in [1.54, 1.807) is 23.1 Å². The quantitative estimate of drug-likeness (QED) is 0.126. The SMILES string of the molecule is C=CCN(C(=O)OCc1ccc([N+](=O)[O-])cc1)C1CCN(CC2CCC(N(C)SC)C2)CC1.CC.c1ccccc1. The summed E-state index contributed by atoms with van der Waals surface area (Å²) in [5.74, 6) is 0.761. The molecule has 2 aliphatic rings. The Labute approximate surface area is 251 Å². The van der Waals surface area contributed by atoms with Crippen LogP contribution in [0.1, 0.15) is 51.5 Å². The Morgan fingerprint density at radius 3 is 2.15 bits per heavy atom. The molecule has 2 unspecified atom stereocenters. The molecule has 0 spiro atoms. The summed E-state index contributed by atoms with van der Waals surface area (Å²) in [6.07, 6.45) is 9.24. The van der Waals surface area contributed by atoms with Crippen molar-refractivity contribution in [2.45, 2.75) is 64.6 Å². The minimum Gasteiger partial charge on any atom is -0.445 e. The number of likely N-dealkylation sites (tertiary alicyclic amines) is 1. The highest BCUT2D eigenvalue weighted by molar-refractivity contribution is 7.96. The van der Waals surface area contributed by atoms with Gasteiger partial charge in [0.1, 0.15) is 6.61 Å². The van der Waals surface area contributed by atoms with Crippen LogP contribution in [-0.4, -0.2) is 76.7 Å². The number of hydrogen-bond acceptors (Lipinski definition) is 7. The number of carbonyl (C=O) groups is 1. The number of ether oxygens (including phenoxy) is 1. The third-order valence-electron chi connectivity index (χ3n) is 7.57. The Morgan fingerprint density at radius 2 is 1.63 bits per heavy atom. The van der Waals surface area contributed by atoms with E-state index in [0.717, 1.165) is 44.0 Å². The van der Waals surface area contributed by atoms with E-state index in [-0.39, 0.29) is 24.4 Å². The average Bonchev–Trinajstić information content (AvgIpc) is 3.49. The van der Waals surface area contributed by atoms with Crippen molar-refractivity contribution in [1.82, 2.24) is 14.1 Å².